The maximum absolute atomic E-state index is 6.17. The molecule has 3 nitrogen and oxygen atoms in total. The molecule has 0 radical (unpaired) electrons. The lowest BCUT2D eigenvalue weighted by Gasteiger charge is -2.01. The highest BCUT2D eigenvalue weighted by Gasteiger charge is 2.09. The molecule has 0 spiro atoms. The molecule has 4 heteroatoms. The van der Waals surface area contributed by atoms with E-state index in [0.717, 1.165) is 17.7 Å². The normalized spacial score (nSPS) is 10.8. The number of hydrogen-bond donors (Lipinski definition) is 1. The molecule has 1 aromatic carbocycles. The summed E-state index contributed by atoms with van der Waals surface area (Å²) in [6, 6.07) is 5.88. The summed E-state index contributed by atoms with van der Waals surface area (Å²) < 4.78 is 5.63. The summed E-state index contributed by atoms with van der Waals surface area (Å²) >= 11 is 6.17. The predicted molar refractivity (Wildman–Crippen MR) is 69.1 cm³/mol. The number of aryl methyl sites for hydroxylation is 1. The van der Waals surface area contributed by atoms with Gasteiger partial charge in [-0.15, -0.1) is 0 Å². The van der Waals surface area contributed by atoms with Crippen molar-refractivity contribution in [1.29, 1.82) is 0 Å². The minimum Gasteiger partial charge on any atom is -0.439 e. The zero-order valence-electron chi connectivity index (χ0n) is 9.96. The van der Waals surface area contributed by atoms with E-state index < -0.39 is 0 Å². The van der Waals surface area contributed by atoms with Crippen LogP contribution < -0.4 is 5.32 Å². The Balaban J connectivity index is 2.24. The summed E-state index contributed by atoms with van der Waals surface area (Å²) in [7, 11) is 0. The third-order valence-electron chi connectivity index (χ3n) is 2.47. The molecule has 1 heterocycles. The van der Waals surface area contributed by atoms with Gasteiger partial charge in [-0.25, -0.2) is 4.98 Å². The fourth-order valence-electron chi connectivity index (χ4n) is 1.57. The summed E-state index contributed by atoms with van der Waals surface area (Å²) in [5.41, 5.74) is 2.01. The van der Waals surface area contributed by atoms with Gasteiger partial charge in [0.25, 0.3) is 0 Å². The summed E-state index contributed by atoms with van der Waals surface area (Å²) in [5.74, 6) is 1.39. The lowest BCUT2D eigenvalue weighted by atomic mass is 10.1. The zero-order chi connectivity index (χ0) is 12.3. The van der Waals surface area contributed by atoms with Gasteiger partial charge in [-0.2, -0.15) is 0 Å². The minimum atomic E-state index is 0.639. The van der Waals surface area contributed by atoms with Gasteiger partial charge in [0.15, 0.2) is 5.76 Å². The van der Waals surface area contributed by atoms with Crippen molar-refractivity contribution < 1.29 is 4.42 Å². The molecule has 0 amide bonds. The van der Waals surface area contributed by atoms with Crippen LogP contribution in [0.1, 0.15) is 18.4 Å². The van der Waals surface area contributed by atoms with Crippen molar-refractivity contribution in [3.63, 3.8) is 0 Å². The van der Waals surface area contributed by atoms with Gasteiger partial charge >= 0.3 is 0 Å². The Morgan fingerprint density at radius 3 is 2.94 bits per heavy atom. The Bertz CT molecular complexity index is 508. The van der Waals surface area contributed by atoms with Gasteiger partial charge in [0.1, 0.15) is 0 Å². The second kappa shape index (κ2) is 5.34. The van der Waals surface area contributed by atoms with Gasteiger partial charge < -0.3 is 9.73 Å². The van der Waals surface area contributed by atoms with Crippen LogP contribution in [0.3, 0.4) is 0 Å². The Morgan fingerprint density at radius 2 is 2.24 bits per heavy atom. The van der Waals surface area contributed by atoms with Crippen molar-refractivity contribution in [2.24, 2.45) is 0 Å². The van der Waals surface area contributed by atoms with Crippen molar-refractivity contribution in [2.75, 3.05) is 6.54 Å². The van der Waals surface area contributed by atoms with Gasteiger partial charge in [-0.05, 0) is 31.2 Å². The van der Waals surface area contributed by atoms with Crippen LogP contribution in [0.2, 0.25) is 5.02 Å². The molecular weight excluding hydrogens is 236 g/mol. The largest absolute Gasteiger partial charge is 0.439 e. The average Bonchev–Trinajstić information content (AvgIpc) is 2.75. The Labute approximate surface area is 106 Å². The van der Waals surface area contributed by atoms with Gasteiger partial charge in [0.05, 0.1) is 17.8 Å². The van der Waals surface area contributed by atoms with Crippen LogP contribution in [0.15, 0.2) is 28.8 Å². The van der Waals surface area contributed by atoms with Gasteiger partial charge in [0.2, 0.25) is 5.89 Å². The van der Waals surface area contributed by atoms with Crippen LogP contribution >= 0.6 is 11.6 Å². The van der Waals surface area contributed by atoms with E-state index >= 15 is 0 Å². The molecule has 0 unspecified atom stereocenters. The number of halogens is 1. The van der Waals surface area contributed by atoms with Crippen molar-refractivity contribution >= 4 is 11.6 Å². The average molecular weight is 251 g/mol. The fourth-order valence-corrected chi connectivity index (χ4v) is 1.90. The maximum Gasteiger partial charge on any atom is 0.208 e. The molecule has 90 valence electrons. The molecule has 0 aliphatic rings. The summed E-state index contributed by atoms with van der Waals surface area (Å²) in [6.45, 7) is 5.58. The second-order valence-corrected chi connectivity index (χ2v) is 4.29. The highest BCUT2D eigenvalue weighted by molar-refractivity contribution is 6.33. The van der Waals surface area contributed by atoms with Crippen molar-refractivity contribution in [3.8, 4) is 11.3 Å². The standard InChI is InChI=1S/C13H15ClN2O/c1-3-15-8-13-16-7-12(17-13)10-5-4-9(2)6-11(10)14/h4-7,15H,3,8H2,1-2H3. The quantitative estimate of drug-likeness (QED) is 0.904. The SMILES string of the molecule is CCNCc1ncc(-c2ccc(C)cc2Cl)o1. The topological polar surface area (TPSA) is 38.1 Å². The molecule has 0 atom stereocenters. The van der Waals surface area contributed by atoms with E-state index in [4.69, 9.17) is 16.0 Å². The van der Waals surface area contributed by atoms with Crippen LogP contribution in [-0.4, -0.2) is 11.5 Å². The lowest BCUT2D eigenvalue weighted by Crippen LogP contribution is -2.11. The summed E-state index contributed by atoms with van der Waals surface area (Å²) in [6.07, 6.45) is 1.71. The molecule has 17 heavy (non-hydrogen) atoms. The molecule has 2 aromatic rings. The van der Waals surface area contributed by atoms with Crippen LogP contribution in [0.25, 0.3) is 11.3 Å². The highest BCUT2D eigenvalue weighted by atomic mass is 35.5. The molecule has 0 saturated carbocycles. The van der Waals surface area contributed by atoms with E-state index in [1.165, 1.54) is 0 Å². The lowest BCUT2D eigenvalue weighted by molar-refractivity contribution is 0.482. The first-order valence-corrected chi connectivity index (χ1v) is 6.00. The second-order valence-electron chi connectivity index (χ2n) is 3.88. The van der Waals surface area contributed by atoms with Crippen LogP contribution in [0.5, 0.6) is 0 Å². The number of nitrogens with zero attached hydrogens (tertiary/aromatic N) is 1. The van der Waals surface area contributed by atoms with Crippen molar-refractivity contribution in [1.82, 2.24) is 10.3 Å². The fraction of sp³-hybridized carbons (Fsp3) is 0.308. The van der Waals surface area contributed by atoms with Crippen LogP contribution in [0, 0.1) is 6.92 Å². The highest BCUT2D eigenvalue weighted by Crippen LogP contribution is 2.29. The zero-order valence-corrected chi connectivity index (χ0v) is 10.7. The number of benzene rings is 1. The molecule has 2 rings (SSSR count). The van der Waals surface area contributed by atoms with E-state index in [0.29, 0.717) is 23.2 Å². The number of oxazole rings is 1. The van der Waals surface area contributed by atoms with E-state index in [2.05, 4.69) is 10.3 Å². The number of hydrogen-bond acceptors (Lipinski definition) is 3. The number of nitrogens with one attached hydrogen (secondary N) is 1. The molecular formula is C13H15ClN2O. The Hall–Kier alpha value is -1.32. The van der Waals surface area contributed by atoms with E-state index in [9.17, 15) is 0 Å². The Kier molecular flexibility index (Phi) is 3.82. The first-order valence-electron chi connectivity index (χ1n) is 5.62. The molecule has 0 fully saturated rings. The third-order valence-corrected chi connectivity index (χ3v) is 2.78. The monoisotopic (exact) mass is 250 g/mol. The summed E-state index contributed by atoms with van der Waals surface area (Å²) in [5, 5.41) is 3.85. The third kappa shape index (κ3) is 2.87. The molecule has 0 aliphatic heterocycles. The smallest absolute Gasteiger partial charge is 0.208 e. The van der Waals surface area contributed by atoms with Gasteiger partial charge in [0, 0.05) is 5.56 Å². The van der Waals surface area contributed by atoms with E-state index in [-0.39, 0.29) is 0 Å². The van der Waals surface area contributed by atoms with Gasteiger partial charge in [-0.3, -0.25) is 0 Å². The minimum absolute atomic E-state index is 0.639. The predicted octanol–water partition coefficient (Wildman–Crippen LogP) is 3.41. The van der Waals surface area contributed by atoms with E-state index in [1.807, 2.05) is 32.0 Å². The maximum atomic E-state index is 6.17. The van der Waals surface area contributed by atoms with Crippen LogP contribution in [0.4, 0.5) is 0 Å². The van der Waals surface area contributed by atoms with Gasteiger partial charge in [-0.1, -0.05) is 24.6 Å². The molecule has 0 bridgehead atoms. The first kappa shape index (κ1) is 12.1. The van der Waals surface area contributed by atoms with Crippen molar-refractivity contribution in [3.05, 3.63) is 40.9 Å². The molecule has 0 aliphatic carbocycles. The first-order chi connectivity index (χ1) is 8.20. The number of aromatic nitrogens is 1. The summed E-state index contributed by atoms with van der Waals surface area (Å²) in [4.78, 5) is 4.21. The molecule has 1 aromatic heterocycles. The molecule has 1 N–H and O–H groups in total. The van der Waals surface area contributed by atoms with Crippen LogP contribution in [-0.2, 0) is 6.54 Å². The van der Waals surface area contributed by atoms with E-state index in [1.54, 1.807) is 6.20 Å². The Morgan fingerprint density at radius 1 is 1.41 bits per heavy atom. The van der Waals surface area contributed by atoms with Crippen molar-refractivity contribution in [2.45, 2.75) is 20.4 Å². The molecule has 0 saturated heterocycles. The number of rotatable bonds is 4.